The van der Waals surface area contributed by atoms with Gasteiger partial charge in [-0.05, 0) is 6.92 Å². The number of methoxy groups -OCH3 is 1. The van der Waals surface area contributed by atoms with Gasteiger partial charge in [-0.3, -0.25) is 14.9 Å². The Bertz CT molecular complexity index is 476. The van der Waals surface area contributed by atoms with Crippen LogP contribution in [0, 0.1) is 17.0 Å². The van der Waals surface area contributed by atoms with Crippen LogP contribution in [-0.4, -0.2) is 23.0 Å². The molecular formula is C8H8N2O5. The fourth-order valence-electron chi connectivity index (χ4n) is 1.07. The third kappa shape index (κ3) is 2.01. The van der Waals surface area contributed by atoms with Gasteiger partial charge >= 0.3 is 17.2 Å². The molecule has 0 radical (unpaired) electrons. The van der Waals surface area contributed by atoms with Crippen molar-refractivity contribution in [3.8, 4) is 0 Å². The smallest absolute Gasteiger partial charge is 0.339 e. The van der Waals surface area contributed by atoms with Gasteiger partial charge in [-0.15, -0.1) is 0 Å². The number of H-pyrrole nitrogens is 1. The fourth-order valence-corrected chi connectivity index (χ4v) is 1.07. The summed E-state index contributed by atoms with van der Waals surface area (Å²) in [6.45, 7) is 1.46. The first-order valence-electron chi connectivity index (χ1n) is 3.94. The summed E-state index contributed by atoms with van der Waals surface area (Å²) in [5, 5.41) is 10.4. The molecule has 0 aliphatic rings. The van der Waals surface area contributed by atoms with Crippen molar-refractivity contribution in [2.45, 2.75) is 6.92 Å². The lowest BCUT2D eigenvalue weighted by molar-refractivity contribution is -0.386. The predicted octanol–water partition coefficient (Wildman–Crippen LogP) is 0.378. The summed E-state index contributed by atoms with van der Waals surface area (Å²) in [7, 11) is 1.15. The zero-order valence-electron chi connectivity index (χ0n) is 8.07. The van der Waals surface area contributed by atoms with E-state index in [1.54, 1.807) is 0 Å². The molecule has 7 heteroatoms. The van der Waals surface area contributed by atoms with Crippen LogP contribution in [0.3, 0.4) is 0 Å². The number of nitrogens with one attached hydrogen (secondary N) is 1. The molecule has 0 atom stereocenters. The predicted molar refractivity (Wildman–Crippen MR) is 49.8 cm³/mol. The molecule has 1 N–H and O–H groups in total. The van der Waals surface area contributed by atoms with Crippen molar-refractivity contribution in [3.63, 3.8) is 0 Å². The summed E-state index contributed by atoms with van der Waals surface area (Å²) >= 11 is 0. The van der Waals surface area contributed by atoms with Crippen LogP contribution in [0.25, 0.3) is 0 Å². The summed E-state index contributed by atoms with van der Waals surface area (Å²) in [6.07, 6.45) is 0. The van der Waals surface area contributed by atoms with Crippen LogP contribution < -0.4 is 5.56 Å². The van der Waals surface area contributed by atoms with E-state index in [9.17, 15) is 19.7 Å². The number of aryl methyl sites for hydroxylation is 1. The maximum atomic E-state index is 11.2. The van der Waals surface area contributed by atoms with Gasteiger partial charge in [0.2, 0.25) is 0 Å². The van der Waals surface area contributed by atoms with Crippen LogP contribution in [0.1, 0.15) is 16.1 Å². The van der Waals surface area contributed by atoms with Crippen molar-refractivity contribution in [1.29, 1.82) is 0 Å². The fraction of sp³-hybridized carbons (Fsp3) is 0.250. The topological polar surface area (TPSA) is 102 Å². The highest BCUT2D eigenvalue weighted by Crippen LogP contribution is 2.11. The van der Waals surface area contributed by atoms with Crippen molar-refractivity contribution in [1.82, 2.24) is 4.98 Å². The molecule has 0 aromatic carbocycles. The molecule has 1 rings (SSSR count). The van der Waals surface area contributed by atoms with Crippen LogP contribution in [0.2, 0.25) is 0 Å². The lowest BCUT2D eigenvalue weighted by Gasteiger charge is -2.02. The Morgan fingerprint density at radius 1 is 1.60 bits per heavy atom. The molecule has 80 valence electrons. The Kier molecular flexibility index (Phi) is 2.84. The number of ether oxygens (including phenoxy) is 1. The van der Waals surface area contributed by atoms with E-state index in [2.05, 4.69) is 9.72 Å². The Hall–Kier alpha value is -2.18. The standard InChI is InChI=1S/C8H8N2O5/c1-4-5(8(12)15-2)3-6(10(13)14)7(11)9-4/h3H,1-2H3,(H,9,11). The molecule has 0 aliphatic heterocycles. The average Bonchev–Trinajstić information content (AvgIpc) is 2.16. The van der Waals surface area contributed by atoms with E-state index >= 15 is 0 Å². The molecule has 0 spiro atoms. The van der Waals surface area contributed by atoms with E-state index < -0.39 is 22.1 Å². The maximum Gasteiger partial charge on any atom is 0.339 e. The minimum absolute atomic E-state index is 0.0243. The first-order valence-corrected chi connectivity index (χ1v) is 3.94. The zero-order valence-corrected chi connectivity index (χ0v) is 8.07. The quantitative estimate of drug-likeness (QED) is 0.433. The Morgan fingerprint density at radius 2 is 2.20 bits per heavy atom. The maximum absolute atomic E-state index is 11.2. The van der Waals surface area contributed by atoms with Gasteiger partial charge in [0.1, 0.15) is 0 Å². The lowest BCUT2D eigenvalue weighted by atomic mass is 10.2. The molecule has 0 bridgehead atoms. The van der Waals surface area contributed by atoms with Gasteiger partial charge < -0.3 is 9.72 Å². The van der Waals surface area contributed by atoms with Crippen LogP contribution in [0.4, 0.5) is 5.69 Å². The van der Waals surface area contributed by atoms with Gasteiger partial charge in [0.25, 0.3) is 0 Å². The third-order valence-corrected chi connectivity index (χ3v) is 1.82. The van der Waals surface area contributed by atoms with Crippen LogP contribution in [0.15, 0.2) is 10.9 Å². The highest BCUT2D eigenvalue weighted by Gasteiger charge is 2.19. The van der Waals surface area contributed by atoms with E-state index in [1.807, 2.05) is 0 Å². The molecule has 15 heavy (non-hydrogen) atoms. The summed E-state index contributed by atoms with van der Waals surface area (Å²) in [5.41, 5.74) is -1.31. The summed E-state index contributed by atoms with van der Waals surface area (Å²) in [4.78, 5) is 34.0. The van der Waals surface area contributed by atoms with Crippen molar-refractivity contribution >= 4 is 11.7 Å². The minimum Gasteiger partial charge on any atom is -0.465 e. The number of rotatable bonds is 2. The normalized spacial score (nSPS) is 9.73. The minimum atomic E-state index is -0.856. The molecule has 0 unspecified atom stereocenters. The second kappa shape index (κ2) is 3.91. The second-order valence-electron chi connectivity index (χ2n) is 2.77. The number of nitrogens with zero attached hydrogens (tertiary/aromatic N) is 1. The highest BCUT2D eigenvalue weighted by atomic mass is 16.6. The van der Waals surface area contributed by atoms with Crippen molar-refractivity contribution in [3.05, 3.63) is 37.8 Å². The van der Waals surface area contributed by atoms with Crippen molar-refractivity contribution in [2.75, 3.05) is 7.11 Å². The number of nitro groups is 1. The molecule has 1 aromatic heterocycles. The van der Waals surface area contributed by atoms with E-state index in [0.717, 1.165) is 13.2 Å². The van der Waals surface area contributed by atoms with Crippen LogP contribution >= 0.6 is 0 Å². The number of hydrogen-bond donors (Lipinski definition) is 1. The Labute approximate surface area is 83.8 Å². The van der Waals surface area contributed by atoms with E-state index in [4.69, 9.17) is 0 Å². The molecular weight excluding hydrogens is 204 g/mol. The van der Waals surface area contributed by atoms with Gasteiger partial charge in [0.05, 0.1) is 17.6 Å². The van der Waals surface area contributed by atoms with Gasteiger partial charge in [-0.25, -0.2) is 4.79 Å². The molecule has 0 fully saturated rings. The van der Waals surface area contributed by atoms with E-state index in [0.29, 0.717) is 0 Å². The number of aromatic nitrogens is 1. The summed E-state index contributed by atoms with van der Waals surface area (Å²) < 4.78 is 4.41. The lowest BCUT2D eigenvalue weighted by Crippen LogP contribution is -2.17. The number of carbonyl (C=O) groups excluding carboxylic acids is 1. The Balaban J connectivity index is 3.43. The van der Waals surface area contributed by atoms with Gasteiger partial charge in [-0.2, -0.15) is 0 Å². The zero-order chi connectivity index (χ0) is 11.6. The molecule has 0 saturated heterocycles. The average molecular weight is 212 g/mol. The number of carbonyl (C=O) groups is 1. The number of hydrogen-bond acceptors (Lipinski definition) is 5. The first kappa shape index (κ1) is 10.9. The molecule has 0 saturated carbocycles. The van der Waals surface area contributed by atoms with Crippen molar-refractivity contribution in [2.24, 2.45) is 0 Å². The van der Waals surface area contributed by atoms with Crippen molar-refractivity contribution < 1.29 is 14.5 Å². The number of pyridine rings is 1. The first-order chi connectivity index (χ1) is 6.97. The third-order valence-electron chi connectivity index (χ3n) is 1.82. The SMILES string of the molecule is COC(=O)c1cc([N+](=O)[O-])c(=O)[nH]c1C. The largest absolute Gasteiger partial charge is 0.465 e. The summed E-state index contributed by atoms with van der Waals surface area (Å²) in [5.74, 6) is -0.730. The Morgan fingerprint density at radius 3 is 2.67 bits per heavy atom. The van der Waals surface area contributed by atoms with Gasteiger partial charge in [-0.1, -0.05) is 0 Å². The molecule has 1 heterocycles. The monoisotopic (exact) mass is 212 g/mol. The number of aromatic amines is 1. The van der Waals surface area contributed by atoms with E-state index in [1.165, 1.54) is 6.92 Å². The van der Waals surface area contributed by atoms with E-state index in [-0.39, 0.29) is 11.3 Å². The molecule has 1 aromatic rings. The second-order valence-corrected chi connectivity index (χ2v) is 2.77. The molecule has 0 amide bonds. The van der Waals surface area contributed by atoms with Gasteiger partial charge in [0.15, 0.2) is 0 Å². The number of esters is 1. The summed E-state index contributed by atoms with van der Waals surface area (Å²) in [6, 6.07) is 0.903. The molecule has 7 nitrogen and oxygen atoms in total. The highest BCUT2D eigenvalue weighted by molar-refractivity contribution is 5.91. The van der Waals surface area contributed by atoms with Crippen LogP contribution in [0.5, 0.6) is 0 Å². The van der Waals surface area contributed by atoms with Crippen LogP contribution in [-0.2, 0) is 4.74 Å². The molecule has 0 aliphatic carbocycles. The van der Waals surface area contributed by atoms with Gasteiger partial charge in [0, 0.05) is 11.8 Å².